The number of aryl methyl sites for hydroxylation is 1. The van der Waals surface area contributed by atoms with Gasteiger partial charge in [-0.2, -0.15) is 4.31 Å². The van der Waals surface area contributed by atoms with Gasteiger partial charge < -0.3 is 4.98 Å². The van der Waals surface area contributed by atoms with Crippen molar-refractivity contribution in [2.24, 2.45) is 0 Å². The number of hydrogen-bond acceptors (Lipinski definition) is 4. The van der Waals surface area contributed by atoms with Gasteiger partial charge in [0.15, 0.2) is 4.21 Å². The lowest BCUT2D eigenvalue weighted by Gasteiger charge is -2.15. The minimum Gasteiger partial charge on any atom is -0.315 e. The van der Waals surface area contributed by atoms with Crippen LogP contribution < -0.4 is 4.87 Å². The van der Waals surface area contributed by atoms with Crippen LogP contribution in [0.25, 0.3) is 0 Å². The molecule has 0 spiro atoms. The molecule has 1 rings (SSSR count). The van der Waals surface area contributed by atoms with Crippen LogP contribution in [-0.2, 0) is 10.0 Å². The van der Waals surface area contributed by atoms with Crippen molar-refractivity contribution < 1.29 is 8.42 Å². The van der Waals surface area contributed by atoms with Gasteiger partial charge in [-0.15, -0.1) is 0 Å². The van der Waals surface area contributed by atoms with Gasteiger partial charge in [0.05, 0.1) is 0 Å². The highest BCUT2D eigenvalue weighted by molar-refractivity contribution is 7.91. The number of sulfonamides is 1. The van der Waals surface area contributed by atoms with Crippen LogP contribution in [0.4, 0.5) is 0 Å². The van der Waals surface area contributed by atoms with Gasteiger partial charge in [0, 0.05) is 19.3 Å². The van der Waals surface area contributed by atoms with E-state index in [1.54, 1.807) is 13.8 Å². The molecule has 90 valence electrons. The Kier molecular flexibility index (Phi) is 3.72. The van der Waals surface area contributed by atoms with Gasteiger partial charge in [0.25, 0.3) is 10.0 Å². The first-order valence-corrected chi connectivity index (χ1v) is 6.81. The first-order valence-electron chi connectivity index (χ1n) is 4.55. The lowest BCUT2D eigenvalue weighted by Crippen LogP contribution is -2.28. The highest BCUT2D eigenvalue weighted by Crippen LogP contribution is 2.20. The summed E-state index contributed by atoms with van der Waals surface area (Å²) in [4.78, 5) is 13.2. The molecule has 0 aliphatic rings. The number of aromatic amines is 1. The molecule has 5 nitrogen and oxygen atoms in total. The van der Waals surface area contributed by atoms with Crippen molar-refractivity contribution in [2.45, 2.75) is 18.1 Å². The molecule has 0 fully saturated rings. The molecule has 0 aromatic carbocycles. The fourth-order valence-electron chi connectivity index (χ4n) is 1.24. The molecule has 1 heterocycles. The minimum atomic E-state index is -3.58. The number of hydrogen-bond donors (Lipinski definition) is 1. The summed E-state index contributed by atoms with van der Waals surface area (Å²) in [6.07, 6.45) is 0. The highest BCUT2D eigenvalue weighted by Gasteiger charge is 2.25. The smallest absolute Gasteiger partial charge is 0.305 e. The molecule has 0 amide bonds. The second-order valence-corrected chi connectivity index (χ2v) is 6.87. The highest BCUT2D eigenvalue weighted by atomic mass is 32.2. The normalized spacial score (nSPS) is 12.0. The number of thiazole rings is 1. The Bertz CT molecular complexity index is 554. The van der Waals surface area contributed by atoms with Crippen molar-refractivity contribution in [3.63, 3.8) is 0 Å². The van der Waals surface area contributed by atoms with Gasteiger partial charge >= 0.3 is 4.87 Å². The number of H-pyrrole nitrogens is 1. The van der Waals surface area contributed by atoms with Crippen LogP contribution in [0.15, 0.2) is 21.2 Å². The average Bonchev–Trinajstić information content (AvgIpc) is 2.44. The van der Waals surface area contributed by atoms with E-state index in [0.29, 0.717) is 17.0 Å². The molecule has 0 saturated heterocycles. The summed E-state index contributed by atoms with van der Waals surface area (Å²) in [5, 5.41) is 0. The van der Waals surface area contributed by atoms with E-state index in [9.17, 15) is 13.2 Å². The topological polar surface area (TPSA) is 70.2 Å². The summed E-state index contributed by atoms with van der Waals surface area (Å²) in [6.45, 7) is 7.22. The number of nitrogens with zero attached hydrogens (tertiary/aromatic N) is 1. The van der Waals surface area contributed by atoms with E-state index in [0.717, 1.165) is 5.57 Å². The first kappa shape index (κ1) is 13.1. The van der Waals surface area contributed by atoms with Crippen molar-refractivity contribution in [3.05, 3.63) is 27.5 Å². The van der Waals surface area contributed by atoms with E-state index in [4.69, 9.17) is 0 Å². The van der Waals surface area contributed by atoms with Crippen molar-refractivity contribution in [2.75, 3.05) is 13.6 Å². The lowest BCUT2D eigenvalue weighted by molar-refractivity contribution is 0.494. The molecule has 0 aliphatic heterocycles. The fraction of sp³-hybridized carbons (Fsp3) is 0.444. The predicted octanol–water partition coefficient (Wildman–Crippen LogP) is 0.941. The van der Waals surface area contributed by atoms with Crippen LogP contribution in [0, 0.1) is 6.92 Å². The second kappa shape index (κ2) is 4.52. The summed E-state index contributed by atoms with van der Waals surface area (Å²) >= 11 is 0.706. The van der Waals surface area contributed by atoms with E-state index >= 15 is 0 Å². The van der Waals surface area contributed by atoms with E-state index in [1.165, 1.54) is 11.4 Å². The molecule has 0 unspecified atom stereocenters. The molecular formula is C9H14N2O3S2. The zero-order valence-electron chi connectivity index (χ0n) is 9.40. The molecule has 0 atom stereocenters. The molecule has 0 bridgehead atoms. The summed E-state index contributed by atoms with van der Waals surface area (Å²) in [5.41, 5.74) is 1.12. The van der Waals surface area contributed by atoms with Crippen LogP contribution in [0.1, 0.15) is 12.6 Å². The SMILES string of the molecule is C=C(C)CN(C)S(=O)(=O)c1sc(=O)[nH]c1C. The predicted molar refractivity (Wildman–Crippen MR) is 64.3 cm³/mol. The van der Waals surface area contributed by atoms with Gasteiger partial charge in [-0.25, -0.2) is 8.42 Å². The van der Waals surface area contributed by atoms with Crippen molar-refractivity contribution >= 4 is 21.4 Å². The van der Waals surface area contributed by atoms with Gasteiger partial charge in [-0.3, -0.25) is 4.79 Å². The second-order valence-electron chi connectivity index (χ2n) is 3.65. The maximum Gasteiger partial charge on any atom is 0.305 e. The minimum absolute atomic E-state index is 0.0706. The van der Waals surface area contributed by atoms with Crippen LogP contribution in [0.2, 0.25) is 0 Å². The number of aromatic nitrogens is 1. The van der Waals surface area contributed by atoms with Crippen LogP contribution in [0.5, 0.6) is 0 Å². The maximum atomic E-state index is 12.0. The Morgan fingerprint density at radius 2 is 2.12 bits per heavy atom. The fourth-order valence-corrected chi connectivity index (χ4v) is 3.96. The number of rotatable bonds is 4. The Labute approximate surface area is 98.5 Å². The first-order chi connectivity index (χ1) is 7.25. The zero-order chi connectivity index (χ0) is 12.5. The quantitative estimate of drug-likeness (QED) is 0.821. The molecule has 0 aliphatic carbocycles. The molecule has 7 heteroatoms. The van der Waals surface area contributed by atoms with Crippen LogP contribution >= 0.6 is 11.3 Å². The van der Waals surface area contributed by atoms with Gasteiger partial charge in [-0.05, 0) is 13.8 Å². The number of likely N-dealkylation sites (N-methyl/N-ethyl adjacent to an activating group) is 1. The molecule has 1 N–H and O–H groups in total. The van der Waals surface area contributed by atoms with Gasteiger partial charge in [0.2, 0.25) is 0 Å². The van der Waals surface area contributed by atoms with Gasteiger partial charge in [0.1, 0.15) is 0 Å². The van der Waals surface area contributed by atoms with Crippen LogP contribution in [-0.4, -0.2) is 31.3 Å². The van der Waals surface area contributed by atoms with Crippen molar-refractivity contribution in [3.8, 4) is 0 Å². The third-order valence-corrected chi connectivity index (χ3v) is 5.30. The van der Waals surface area contributed by atoms with Crippen molar-refractivity contribution in [1.82, 2.24) is 9.29 Å². The Hall–Kier alpha value is -0.920. The Morgan fingerprint density at radius 3 is 2.50 bits per heavy atom. The molecule has 0 saturated carbocycles. The van der Waals surface area contributed by atoms with Gasteiger partial charge in [-0.1, -0.05) is 23.5 Å². The maximum absolute atomic E-state index is 12.0. The molecule has 1 aromatic rings. The van der Waals surface area contributed by atoms with Crippen LogP contribution in [0.3, 0.4) is 0 Å². The molecular weight excluding hydrogens is 248 g/mol. The Morgan fingerprint density at radius 1 is 1.56 bits per heavy atom. The van der Waals surface area contributed by atoms with E-state index in [-0.39, 0.29) is 15.6 Å². The number of nitrogens with one attached hydrogen (secondary N) is 1. The third-order valence-electron chi connectivity index (χ3n) is 1.92. The third kappa shape index (κ3) is 2.60. The molecule has 16 heavy (non-hydrogen) atoms. The lowest BCUT2D eigenvalue weighted by atomic mass is 10.4. The summed E-state index contributed by atoms with van der Waals surface area (Å²) in [7, 11) is -2.12. The van der Waals surface area contributed by atoms with Crippen molar-refractivity contribution in [1.29, 1.82) is 0 Å². The van der Waals surface area contributed by atoms with E-state index < -0.39 is 10.0 Å². The summed E-state index contributed by atoms with van der Waals surface area (Å²) < 4.78 is 25.3. The summed E-state index contributed by atoms with van der Waals surface area (Å²) in [5.74, 6) is 0. The zero-order valence-corrected chi connectivity index (χ0v) is 11.0. The molecule has 0 radical (unpaired) electrons. The summed E-state index contributed by atoms with van der Waals surface area (Å²) in [6, 6.07) is 0. The average molecular weight is 262 g/mol. The molecule has 1 aromatic heterocycles. The van der Waals surface area contributed by atoms with E-state index in [1.807, 2.05) is 0 Å². The standard InChI is InChI=1S/C9H14N2O3S2/c1-6(2)5-11(4)16(13,14)8-7(3)10-9(12)15-8/h1,5H2,2-4H3,(H,10,12). The largest absolute Gasteiger partial charge is 0.315 e. The Balaban J connectivity index is 3.16. The monoisotopic (exact) mass is 262 g/mol. The van der Waals surface area contributed by atoms with E-state index in [2.05, 4.69) is 11.6 Å².